The number of carbonyl (C=O) groups excluding carboxylic acids is 3. The van der Waals surface area contributed by atoms with Gasteiger partial charge in [-0.25, -0.2) is 4.98 Å². The molecule has 0 N–H and O–H groups in total. The van der Waals surface area contributed by atoms with Crippen molar-refractivity contribution in [3.05, 3.63) is 29.6 Å². The van der Waals surface area contributed by atoms with Crippen molar-refractivity contribution in [1.29, 1.82) is 0 Å². The zero-order valence-electron chi connectivity index (χ0n) is 18.5. The van der Waals surface area contributed by atoms with E-state index in [1.165, 1.54) is 0 Å². The fraction of sp³-hybridized carbons (Fsp3) is 0.545. The van der Waals surface area contributed by atoms with Crippen LogP contribution >= 0.6 is 0 Å². The summed E-state index contributed by atoms with van der Waals surface area (Å²) in [6, 6.07) is 3.58. The zero-order chi connectivity index (χ0) is 22.0. The van der Waals surface area contributed by atoms with Gasteiger partial charge in [0.25, 0.3) is 5.91 Å². The highest BCUT2D eigenvalue weighted by Crippen LogP contribution is 2.25. The van der Waals surface area contributed by atoms with E-state index in [-0.39, 0.29) is 23.6 Å². The largest absolute Gasteiger partial charge is 0.339 e. The Morgan fingerprint density at radius 3 is 2.23 bits per heavy atom. The molecule has 8 nitrogen and oxygen atoms in total. The Morgan fingerprint density at radius 2 is 1.67 bits per heavy atom. The molecule has 0 bridgehead atoms. The molecule has 1 saturated heterocycles. The van der Waals surface area contributed by atoms with Crippen molar-refractivity contribution >= 4 is 29.2 Å². The minimum Gasteiger partial charge on any atom is -0.339 e. The normalized spacial score (nSPS) is 14.5. The minimum absolute atomic E-state index is 0.0345. The Hall–Kier alpha value is -2.90. The lowest BCUT2D eigenvalue weighted by molar-refractivity contribution is -0.130. The van der Waals surface area contributed by atoms with E-state index in [4.69, 9.17) is 0 Å². The molecule has 3 heterocycles. The average molecular weight is 414 g/mol. The Labute approximate surface area is 177 Å². The Balaban J connectivity index is 1.89. The maximum Gasteiger partial charge on any atom is 0.255 e. The van der Waals surface area contributed by atoms with Crippen LogP contribution in [0.3, 0.4) is 0 Å². The fourth-order valence-corrected chi connectivity index (χ4v) is 4.10. The molecular weight excluding hydrogens is 382 g/mol. The Bertz CT molecular complexity index is 955. The summed E-state index contributed by atoms with van der Waals surface area (Å²) < 4.78 is 1.83. The number of anilines is 1. The number of aromatic nitrogens is 2. The molecule has 2 aromatic rings. The van der Waals surface area contributed by atoms with Crippen molar-refractivity contribution in [1.82, 2.24) is 19.2 Å². The second-order valence-corrected chi connectivity index (χ2v) is 7.88. The van der Waals surface area contributed by atoms with Gasteiger partial charge in [0.05, 0.1) is 11.3 Å². The molecule has 1 aliphatic rings. The molecule has 0 saturated carbocycles. The van der Waals surface area contributed by atoms with Crippen LogP contribution in [0.1, 0.15) is 49.7 Å². The number of hydrogen-bond acceptors (Lipinski definition) is 4. The van der Waals surface area contributed by atoms with Crippen LogP contribution in [-0.4, -0.2) is 70.1 Å². The summed E-state index contributed by atoms with van der Waals surface area (Å²) in [5.41, 5.74) is 1.99. The molecule has 0 aliphatic carbocycles. The molecule has 30 heavy (non-hydrogen) atoms. The van der Waals surface area contributed by atoms with Gasteiger partial charge in [-0.2, -0.15) is 0 Å². The number of amides is 3. The maximum atomic E-state index is 13.1. The number of fused-ring (bicyclic) bond motifs is 1. The summed E-state index contributed by atoms with van der Waals surface area (Å²) in [6.07, 6.45) is 3.33. The van der Waals surface area contributed by atoms with E-state index in [2.05, 4.69) is 4.98 Å². The van der Waals surface area contributed by atoms with E-state index >= 15 is 0 Å². The standard InChI is InChI=1S/C22H31N5O3/c1-6-17(7-2)21(29)24(5)20-15(3)23-19-9-8-18(14-27(19)20)22(30)26-12-10-25(11-13-26)16(4)28/h8-9,14,17H,6-7,10-13H2,1-5H3. The summed E-state index contributed by atoms with van der Waals surface area (Å²) >= 11 is 0. The molecule has 0 atom stereocenters. The van der Waals surface area contributed by atoms with E-state index in [9.17, 15) is 14.4 Å². The maximum absolute atomic E-state index is 13.1. The SMILES string of the molecule is CCC(CC)C(=O)N(C)c1c(C)nc2ccc(C(=O)N3CCN(C(C)=O)CC3)cn12. The van der Waals surface area contributed by atoms with Gasteiger partial charge in [0.1, 0.15) is 11.5 Å². The number of carbonyl (C=O) groups is 3. The van der Waals surface area contributed by atoms with Crippen molar-refractivity contribution in [2.45, 2.75) is 40.5 Å². The van der Waals surface area contributed by atoms with Crippen LogP contribution in [0.5, 0.6) is 0 Å². The number of piperazine rings is 1. The lowest BCUT2D eigenvalue weighted by Crippen LogP contribution is -2.50. The molecule has 1 fully saturated rings. The van der Waals surface area contributed by atoms with Crippen LogP contribution in [0.15, 0.2) is 18.3 Å². The molecule has 1 aliphatic heterocycles. The first kappa shape index (κ1) is 21.8. The lowest BCUT2D eigenvalue weighted by Gasteiger charge is -2.34. The van der Waals surface area contributed by atoms with E-state index < -0.39 is 0 Å². The van der Waals surface area contributed by atoms with Crippen LogP contribution < -0.4 is 4.90 Å². The molecule has 2 aromatic heterocycles. The number of hydrogen-bond donors (Lipinski definition) is 0. The number of pyridine rings is 1. The Kier molecular flexibility index (Phi) is 6.43. The van der Waals surface area contributed by atoms with Crippen LogP contribution in [0, 0.1) is 12.8 Å². The third kappa shape index (κ3) is 4.04. The smallest absolute Gasteiger partial charge is 0.255 e. The van der Waals surface area contributed by atoms with Gasteiger partial charge >= 0.3 is 0 Å². The van der Waals surface area contributed by atoms with Gasteiger partial charge in [-0.1, -0.05) is 13.8 Å². The van der Waals surface area contributed by atoms with Crippen molar-refractivity contribution in [2.75, 3.05) is 38.1 Å². The third-order valence-corrected chi connectivity index (χ3v) is 6.00. The van der Waals surface area contributed by atoms with Crippen LogP contribution in [0.25, 0.3) is 5.65 Å². The summed E-state index contributed by atoms with van der Waals surface area (Å²) in [7, 11) is 1.77. The lowest BCUT2D eigenvalue weighted by atomic mass is 10.0. The topological polar surface area (TPSA) is 78.2 Å². The molecule has 8 heteroatoms. The number of rotatable bonds is 5. The highest BCUT2D eigenvalue weighted by molar-refractivity contribution is 5.96. The van der Waals surface area contributed by atoms with Gasteiger partial charge in [-0.3, -0.25) is 23.7 Å². The van der Waals surface area contributed by atoms with Gasteiger partial charge in [0.15, 0.2) is 0 Å². The number of nitrogens with zero attached hydrogens (tertiary/aromatic N) is 5. The van der Waals surface area contributed by atoms with E-state index in [1.807, 2.05) is 31.2 Å². The van der Waals surface area contributed by atoms with Crippen molar-refractivity contribution in [2.24, 2.45) is 5.92 Å². The first-order valence-electron chi connectivity index (χ1n) is 10.6. The first-order chi connectivity index (χ1) is 14.3. The molecule has 0 spiro atoms. The van der Waals surface area contributed by atoms with Gasteiger partial charge in [0, 0.05) is 52.3 Å². The van der Waals surface area contributed by atoms with Gasteiger partial charge in [0.2, 0.25) is 11.8 Å². The average Bonchev–Trinajstić information content (AvgIpc) is 3.08. The highest BCUT2D eigenvalue weighted by Gasteiger charge is 2.26. The summed E-state index contributed by atoms with van der Waals surface area (Å²) in [4.78, 5) is 47.3. The van der Waals surface area contributed by atoms with Crippen LogP contribution in [-0.2, 0) is 9.59 Å². The molecule has 0 unspecified atom stereocenters. The Morgan fingerprint density at radius 1 is 1.07 bits per heavy atom. The summed E-state index contributed by atoms with van der Waals surface area (Å²) in [6.45, 7) is 9.58. The van der Waals surface area contributed by atoms with Crippen molar-refractivity contribution in [3.63, 3.8) is 0 Å². The molecule has 3 amide bonds. The predicted octanol–water partition coefficient (Wildman–Crippen LogP) is 2.35. The minimum atomic E-state index is -0.0774. The highest BCUT2D eigenvalue weighted by atomic mass is 16.2. The predicted molar refractivity (Wildman–Crippen MR) is 116 cm³/mol. The molecule has 3 rings (SSSR count). The van der Waals surface area contributed by atoms with E-state index in [0.29, 0.717) is 43.2 Å². The molecular formula is C22H31N5O3. The van der Waals surface area contributed by atoms with Crippen molar-refractivity contribution < 1.29 is 14.4 Å². The zero-order valence-corrected chi connectivity index (χ0v) is 18.5. The second-order valence-electron chi connectivity index (χ2n) is 7.88. The molecule has 0 radical (unpaired) electrons. The molecule has 0 aromatic carbocycles. The second kappa shape index (κ2) is 8.85. The van der Waals surface area contributed by atoms with Crippen molar-refractivity contribution in [3.8, 4) is 0 Å². The summed E-state index contributed by atoms with van der Waals surface area (Å²) in [5, 5.41) is 0. The first-order valence-corrected chi connectivity index (χ1v) is 10.6. The monoisotopic (exact) mass is 413 g/mol. The number of imidazole rings is 1. The summed E-state index contributed by atoms with van der Waals surface area (Å²) in [5.74, 6) is 0.667. The van der Waals surface area contributed by atoms with Gasteiger partial charge in [-0.05, 0) is 31.9 Å². The van der Waals surface area contributed by atoms with Gasteiger partial charge < -0.3 is 9.80 Å². The fourth-order valence-electron chi connectivity index (χ4n) is 4.10. The number of aryl methyl sites for hydroxylation is 1. The quantitative estimate of drug-likeness (QED) is 0.754. The third-order valence-electron chi connectivity index (χ3n) is 6.00. The van der Waals surface area contributed by atoms with E-state index in [1.54, 1.807) is 40.9 Å². The van der Waals surface area contributed by atoms with Crippen LogP contribution in [0.2, 0.25) is 0 Å². The van der Waals surface area contributed by atoms with Gasteiger partial charge in [-0.15, -0.1) is 0 Å². The van der Waals surface area contributed by atoms with Crippen LogP contribution in [0.4, 0.5) is 5.82 Å². The van der Waals surface area contributed by atoms with E-state index in [0.717, 1.165) is 18.5 Å². The molecule has 162 valence electrons.